The molecule has 0 aliphatic heterocycles. The zero-order valence-corrected chi connectivity index (χ0v) is 10.9. The van der Waals surface area contributed by atoms with Crippen LogP contribution in [0.1, 0.15) is 15.9 Å². The first-order chi connectivity index (χ1) is 8.35. The third kappa shape index (κ3) is 4.01. The van der Waals surface area contributed by atoms with Crippen molar-refractivity contribution in [2.24, 2.45) is 5.73 Å². The quantitative estimate of drug-likeness (QED) is 0.704. The van der Waals surface area contributed by atoms with Crippen molar-refractivity contribution in [1.29, 1.82) is 0 Å². The molecular formula is C11H16N2O4S. The second kappa shape index (κ2) is 5.83. The summed E-state index contributed by atoms with van der Waals surface area (Å²) in [6.45, 7) is 0.140. The van der Waals surface area contributed by atoms with Gasteiger partial charge in [-0.3, -0.25) is 4.79 Å². The van der Waals surface area contributed by atoms with Crippen LogP contribution in [-0.4, -0.2) is 33.8 Å². The van der Waals surface area contributed by atoms with Crippen molar-refractivity contribution in [2.45, 2.75) is 5.75 Å². The number of methoxy groups -OCH3 is 1. The number of carbonyl (C=O) groups excluding carboxylic acids is 1. The molecule has 0 radical (unpaired) electrons. The molecule has 7 heteroatoms. The lowest BCUT2D eigenvalue weighted by molar-refractivity contribution is 0.100. The smallest absolute Gasteiger partial charge is 0.248 e. The molecular weight excluding hydrogens is 256 g/mol. The van der Waals surface area contributed by atoms with Gasteiger partial charge in [-0.2, -0.15) is 0 Å². The summed E-state index contributed by atoms with van der Waals surface area (Å²) >= 11 is 0. The Morgan fingerprint density at radius 2 is 2.06 bits per heavy atom. The lowest BCUT2D eigenvalue weighted by Gasteiger charge is -2.08. The van der Waals surface area contributed by atoms with Gasteiger partial charge in [0.2, 0.25) is 5.91 Å². The van der Waals surface area contributed by atoms with E-state index in [1.54, 1.807) is 0 Å². The summed E-state index contributed by atoms with van der Waals surface area (Å²) in [6, 6.07) is 4.34. The molecule has 0 aromatic heterocycles. The van der Waals surface area contributed by atoms with E-state index in [1.807, 2.05) is 0 Å². The lowest BCUT2D eigenvalue weighted by Crippen LogP contribution is -2.15. The summed E-state index contributed by atoms with van der Waals surface area (Å²) in [7, 11) is -1.84. The second-order valence-corrected chi connectivity index (χ2v) is 6.05. The SMILES string of the molecule is COCCS(=O)(=O)Cc1ccc(C(N)=O)cc1N. The molecule has 1 amide bonds. The van der Waals surface area contributed by atoms with Crippen LogP contribution in [0.5, 0.6) is 0 Å². The summed E-state index contributed by atoms with van der Waals surface area (Å²) in [5.41, 5.74) is 11.7. The highest BCUT2D eigenvalue weighted by Gasteiger charge is 2.14. The van der Waals surface area contributed by atoms with Gasteiger partial charge in [-0.25, -0.2) is 8.42 Å². The Balaban J connectivity index is 2.89. The van der Waals surface area contributed by atoms with Crippen LogP contribution in [-0.2, 0) is 20.3 Å². The number of carbonyl (C=O) groups is 1. The molecule has 6 nitrogen and oxygen atoms in total. The Kier molecular flexibility index (Phi) is 4.69. The van der Waals surface area contributed by atoms with Gasteiger partial charge in [0.1, 0.15) is 0 Å². The number of anilines is 1. The first-order valence-electron chi connectivity index (χ1n) is 5.23. The predicted octanol–water partition coefficient (Wildman–Crippen LogP) is -0.0711. The summed E-state index contributed by atoms with van der Waals surface area (Å²) in [5, 5.41) is 0. The minimum absolute atomic E-state index is 0.0689. The van der Waals surface area contributed by atoms with E-state index in [0.29, 0.717) is 5.56 Å². The van der Waals surface area contributed by atoms with Gasteiger partial charge in [0.15, 0.2) is 9.84 Å². The Bertz CT molecular complexity index is 540. The summed E-state index contributed by atoms with van der Waals surface area (Å²) < 4.78 is 28.1. The van der Waals surface area contributed by atoms with E-state index in [1.165, 1.54) is 25.3 Å². The zero-order valence-electron chi connectivity index (χ0n) is 10.0. The topological polar surface area (TPSA) is 112 Å². The fraction of sp³-hybridized carbons (Fsp3) is 0.364. The number of rotatable bonds is 6. The largest absolute Gasteiger partial charge is 0.398 e. The highest BCUT2D eigenvalue weighted by atomic mass is 32.2. The number of ether oxygens (including phenoxy) is 1. The summed E-state index contributed by atoms with van der Waals surface area (Å²) in [4.78, 5) is 10.9. The number of hydrogen-bond acceptors (Lipinski definition) is 5. The van der Waals surface area contributed by atoms with Gasteiger partial charge in [-0.1, -0.05) is 6.07 Å². The first kappa shape index (κ1) is 14.5. The number of hydrogen-bond donors (Lipinski definition) is 2. The van der Waals surface area contributed by atoms with E-state index in [4.69, 9.17) is 16.2 Å². The summed E-state index contributed by atoms with van der Waals surface area (Å²) in [6.07, 6.45) is 0. The molecule has 1 aromatic carbocycles. The predicted molar refractivity (Wildman–Crippen MR) is 68.7 cm³/mol. The maximum absolute atomic E-state index is 11.7. The fourth-order valence-corrected chi connectivity index (χ4v) is 2.70. The molecule has 0 aliphatic rings. The molecule has 100 valence electrons. The molecule has 0 bridgehead atoms. The standard InChI is InChI=1S/C11H16N2O4S/c1-17-4-5-18(15,16)7-9-3-2-8(11(13)14)6-10(9)12/h2-3,6H,4-5,7,12H2,1H3,(H2,13,14). The van der Waals surface area contributed by atoms with Crippen molar-refractivity contribution in [1.82, 2.24) is 0 Å². The molecule has 1 rings (SSSR count). The zero-order chi connectivity index (χ0) is 13.8. The van der Waals surface area contributed by atoms with E-state index in [0.717, 1.165) is 0 Å². The van der Waals surface area contributed by atoms with Crippen LogP contribution in [0.2, 0.25) is 0 Å². The van der Waals surface area contributed by atoms with Gasteiger partial charge in [0.25, 0.3) is 0 Å². The molecule has 0 aliphatic carbocycles. The Morgan fingerprint density at radius 1 is 1.39 bits per heavy atom. The minimum atomic E-state index is -3.27. The highest BCUT2D eigenvalue weighted by Crippen LogP contribution is 2.17. The number of primary amides is 1. The summed E-state index contributed by atoms with van der Waals surface area (Å²) in [5.74, 6) is -0.850. The number of nitrogens with two attached hydrogens (primary N) is 2. The van der Waals surface area contributed by atoms with Crippen LogP contribution in [0.3, 0.4) is 0 Å². The van der Waals surface area contributed by atoms with Crippen LogP contribution >= 0.6 is 0 Å². The van der Waals surface area contributed by atoms with Crippen LogP contribution in [0.25, 0.3) is 0 Å². The van der Waals surface area contributed by atoms with Crippen molar-refractivity contribution in [2.75, 3.05) is 25.2 Å². The maximum atomic E-state index is 11.7. The number of nitrogen functional groups attached to an aromatic ring is 1. The van der Waals surface area contributed by atoms with Crippen molar-refractivity contribution >= 4 is 21.4 Å². The van der Waals surface area contributed by atoms with E-state index in [2.05, 4.69) is 0 Å². The maximum Gasteiger partial charge on any atom is 0.248 e. The monoisotopic (exact) mass is 272 g/mol. The number of benzene rings is 1. The van der Waals surface area contributed by atoms with Gasteiger partial charge < -0.3 is 16.2 Å². The number of amides is 1. The Morgan fingerprint density at radius 3 is 2.56 bits per heavy atom. The van der Waals surface area contributed by atoms with E-state index < -0.39 is 15.7 Å². The van der Waals surface area contributed by atoms with Crippen LogP contribution in [0, 0.1) is 0 Å². The van der Waals surface area contributed by atoms with Crippen LogP contribution in [0.15, 0.2) is 18.2 Å². The van der Waals surface area contributed by atoms with Crippen molar-refractivity contribution in [3.05, 3.63) is 29.3 Å². The molecule has 4 N–H and O–H groups in total. The molecule has 18 heavy (non-hydrogen) atoms. The van der Waals surface area contributed by atoms with E-state index in [-0.39, 0.29) is 29.4 Å². The van der Waals surface area contributed by atoms with Crippen LogP contribution in [0.4, 0.5) is 5.69 Å². The molecule has 0 atom stereocenters. The number of sulfone groups is 1. The van der Waals surface area contributed by atoms with Gasteiger partial charge in [0.05, 0.1) is 18.1 Å². The molecule has 0 saturated carbocycles. The molecule has 0 fully saturated rings. The van der Waals surface area contributed by atoms with Gasteiger partial charge in [-0.15, -0.1) is 0 Å². The minimum Gasteiger partial charge on any atom is -0.398 e. The van der Waals surface area contributed by atoms with Gasteiger partial charge in [-0.05, 0) is 17.7 Å². The van der Waals surface area contributed by atoms with Gasteiger partial charge >= 0.3 is 0 Å². The molecule has 0 saturated heterocycles. The van der Waals surface area contributed by atoms with Crippen LogP contribution < -0.4 is 11.5 Å². The Labute approximate surface area is 106 Å². The average Bonchev–Trinajstić information content (AvgIpc) is 2.29. The third-order valence-corrected chi connectivity index (χ3v) is 3.94. The highest BCUT2D eigenvalue weighted by molar-refractivity contribution is 7.90. The van der Waals surface area contributed by atoms with E-state index >= 15 is 0 Å². The molecule has 1 aromatic rings. The average molecular weight is 272 g/mol. The third-order valence-electron chi connectivity index (χ3n) is 2.40. The molecule has 0 unspecified atom stereocenters. The first-order valence-corrected chi connectivity index (χ1v) is 7.05. The fourth-order valence-electron chi connectivity index (χ4n) is 1.40. The molecule has 0 heterocycles. The second-order valence-electron chi connectivity index (χ2n) is 3.86. The van der Waals surface area contributed by atoms with Crippen molar-refractivity contribution < 1.29 is 17.9 Å². The van der Waals surface area contributed by atoms with Crippen molar-refractivity contribution in [3.8, 4) is 0 Å². The molecule has 0 spiro atoms. The lowest BCUT2D eigenvalue weighted by atomic mass is 10.1. The van der Waals surface area contributed by atoms with E-state index in [9.17, 15) is 13.2 Å². The van der Waals surface area contributed by atoms with Gasteiger partial charge in [0, 0.05) is 18.4 Å². The Hall–Kier alpha value is -1.60. The normalized spacial score (nSPS) is 11.4. The van der Waals surface area contributed by atoms with Crippen molar-refractivity contribution in [3.63, 3.8) is 0 Å².